The van der Waals surface area contributed by atoms with Crippen LogP contribution in [0.15, 0.2) is 57.2 Å². The molecule has 2 atom stereocenters. The maximum absolute atomic E-state index is 13.2. The zero-order valence-corrected chi connectivity index (χ0v) is 18.7. The van der Waals surface area contributed by atoms with Crippen LogP contribution in [0.5, 0.6) is 0 Å². The van der Waals surface area contributed by atoms with Crippen LogP contribution in [-0.4, -0.2) is 44.4 Å². The molecule has 2 heterocycles. The third kappa shape index (κ3) is 4.32. The number of H-pyrrole nitrogens is 2. The van der Waals surface area contributed by atoms with E-state index in [0.29, 0.717) is 39.4 Å². The van der Waals surface area contributed by atoms with E-state index in [2.05, 4.69) is 20.3 Å². The quantitative estimate of drug-likeness (QED) is 0.292. The molecule has 9 nitrogen and oxygen atoms in total. The number of carbonyl (C=O) groups excluding carboxylic acids is 1. The summed E-state index contributed by atoms with van der Waals surface area (Å²) in [5.41, 5.74) is 1.92. The van der Waals surface area contributed by atoms with Crippen LogP contribution in [0, 0.1) is 0 Å². The van der Waals surface area contributed by atoms with Gasteiger partial charge < -0.3 is 20.0 Å². The number of thioether (sulfide) groups is 1. The lowest BCUT2D eigenvalue weighted by atomic mass is 10.2. The number of nitrogens with zero attached hydrogens (tertiary/aromatic N) is 2. The topological polar surface area (TPSA) is 122 Å². The van der Waals surface area contributed by atoms with Gasteiger partial charge in [0.25, 0.3) is 5.56 Å². The van der Waals surface area contributed by atoms with Crippen LogP contribution < -0.4 is 16.6 Å². The average Bonchev–Trinajstić information content (AvgIpc) is 3.13. The molecule has 0 radical (unpaired) electrons. The van der Waals surface area contributed by atoms with Crippen LogP contribution in [-0.2, 0) is 9.53 Å². The van der Waals surface area contributed by atoms with Gasteiger partial charge in [0.2, 0.25) is 5.91 Å². The summed E-state index contributed by atoms with van der Waals surface area (Å²) in [6, 6.07) is 12.0. The summed E-state index contributed by atoms with van der Waals surface area (Å²) >= 11 is 1.21. The lowest BCUT2D eigenvalue weighted by Crippen LogP contribution is -2.30. The van der Waals surface area contributed by atoms with E-state index in [9.17, 15) is 14.4 Å². The Morgan fingerprint density at radius 2 is 1.91 bits per heavy atom. The number of aromatic amines is 2. The van der Waals surface area contributed by atoms with Crippen molar-refractivity contribution in [1.82, 2.24) is 19.5 Å². The molecule has 0 saturated carbocycles. The highest BCUT2D eigenvalue weighted by Gasteiger charge is 2.22. The van der Waals surface area contributed by atoms with E-state index in [4.69, 9.17) is 4.74 Å². The number of benzene rings is 2. The standard InChI is InChI=1S/C22H23N5O4S/c1-12(11-31-3)27-20(29)15-6-4-5-7-16(15)26-22(27)32-13(2)19(28)23-14-8-9-17-18(10-14)25-21(30)24-17/h4-10,12-13H,11H2,1-3H3,(H,23,28)(H2,24,25,30)/t12-,13-/m1/s1. The molecule has 0 bridgehead atoms. The van der Waals surface area contributed by atoms with Gasteiger partial charge >= 0.3 is 5.69 Å². The van der Waals surface area contributed by atoms with Crippen molar-refractivity contribution in [1.29, 1.82) is 0 Å². The van der Waals surface area contributed by atoms with E-state index in [1.807, 2.05) is 13.0 Å². The number of aromatic nitrogens is 4. The van der Waals surface area contributed by atoms with E-state index in [1.165, 1.54) is 11.8 Å². The molecule has 2 aromatic heterocycles. The molecule has 0 aliphatic heterocycles. The van der Waals surface area contributed by atoms with Crippen LogP contribution in [0.4, 0.5) is 5.69 Å². The molecule has 166 valence electrons. The first-order valence-electron chi connectivity index (χ1n) is 10.1. The van der Waals surface area contributed by atoms with Crippen molar-refractivity contribution < 1.29 is 9.53 Å². The SMILES string of the molecule is COC[C@@H](C)n1c(S[C@H](C)C(=O)Nc2ccc3[nH]c(=O)[nH]c3c2)nc2ccccc2c1=O. The van der Waals surface area contributed by atoms with Crippen LogP contribution in [0.25, 0.3) is 21.9 Å². The third-order valence-electron chi connectivity index (χ3n) is 5.06. The molecule has 32 heavy (non-hydrogen) atoms. The fourth-order valence-corrected chi connectivity index (χ4v) is 4.49. The number of para-hydroxylation sites is 1. The van der Waals surface area contributed by atoms with Crippen LogP contribution in [0.3, 0.4) is 0 Å². The Balaban J connectivity index is 1.62. The number of amides is 1. The summed E-state index contributed by atoms with van der Waals surface area (Å²) in [7, 11) is 1.58. The first-order chi connectivity index (χ1) is 15.4. The van der Waals surface area contributed by atoms with Crippen molar-refractivity contribution in [3.8, 4) is 0 Å². The minimum absolute atomic E-state index is 0.169. The molecule has 1 amide bonds. The lowest BCUT2D eigenvalue weighted by molar-refractivity contribution is -0.115. The molecule has 0 spiro atoms. The molecule has 0 fully saturated rings. The van der Waals surface area contributed by atoms with Gasteiger partial charge in [0.1, 0.15) is 0 Å². The van der Waals surface area contributed by atoms with Crippen molar-refractivity contribution in [3.05, 3.63) is 63.3 Å². The van der Waals surface area contributed by atoms with Gasteiger partial charge in [0.05, 0.1) is 39.8 Å². The minimum atomic E-state index is -0.537. The van der Waals surface area contributed by atoms with Crippen LogP contribution >= 0.6 is 11.8 Å². The molecule has 0 aliphatic carbocycles. The van der Waals surface area contributed by atoms with Gasteiger partial charge in [-0.05, 0) is 44.2 Å². The van der Waals surface area contributed by atoms with Gasteiger partial charge in [-0.2, -0.15) is 0 Å². The lowest BCUT2D eigenvalue weighted by Gasteiger charge is -2.20. The number of hydrogen-bond acceptors (Lipinski definition) is 6. The zero-order valence-electron chi connectivity index (χ0n) is 17.8. The summed E-state index contributed by atoms with van der Waals surface area (Å²) in [5, 5.41) is 3.29. The highest BCUT2D eigenvalue weighted by Crippen LogP contribution is 2.26. The zero-order chi connectivity index (χ0) is 22.8. The molecule has 0 unspecified atom stereocenters. The maximum Gasteiger partial charge on any atom is 0.323 e. The largest absolute Gasteiger partial charge is 0.383 e. The molecule has 2 aromatic carbocycles. The Morgan fingerprint density at radius 3 is 2.69 bits per heavy atom. The highest BCUT2D eigenvalue weighted by atomic mass is 32.2. The summed E-state index contributed by atoms with van der Waals surface area (Å²) in [6.07, 6.45) is 0. The fourth-order valence-electron chi connectivity index (χ4n) is 3.48. The second-order valence-electron chi connectivity index (χ2n) is 7.48. The number of methoxy groups -OCH3 is 1. The number of nitrogens with one attached hydrogen (secondary N) is 3. The van der Waals surface area contributed by atoms with E-state index in [0.717, 1.165) is 0 Å². The van der Waals surface area contributed by atoms with Gasteiger partial charge in [0, 0.05) is 12.8 Å². The second kappa shape index (κ2) is 9.01. The predicted octanol–water partition coefficient (Wildman–Crippen LogP) is 2.89. The van der Waals surface area contributed by atoms with Crippen molar-refractivity contribution in [2.24, 2.45) is 0 Å². The van der Waals surface area contributed by atoms with Gasteiger partial charge in [0.15, 0.2) is 5.16 Å². The minimum Gasteiger partial charge on any atom is -0.383 e. The van der Waals surface area contributed by atoms with Crippen molar-refractivity contribution in [2.75, 3.05) is 19.0 Å². The molecule has 4 aromatic rings. The highest BCUT2D eigenvalue weighted by molar-refractivity contribution is 8.00. The van der Waals surface area contributed by atoms with E-state index >= 15 is 0 Å². The molecule has 0 aliphatic rings. The molecular formula is C22H23N5O4S. The van der Waals surface area contributed by atoms with E-state index in [-0.39, 0.29) is 23.2 Å². The molecular weight excluding hydrogens is 430 g/mol. The molecule has 0 saturated heterocycles. The molecule has 4 rings (SSSR count). The number of rotatable bonds is 7. The van der Waals surface area contributed by atoms with Crippen molar-refractivity contribution >= 4 is 45.3 Å². The first-order valence-corrected chi connectivity index (χ1v) is 10.9. The second-order valence-corrected chi connectivity index (χ2v) is 8.79. The number of carbonyl (C=O) groups is 1. The monoisotopic (exact) mass is 453 g/mol. The fraction of sp³-hybridized carbons (Fsp3) is 0.273. The van der Waals surface area contributed by atoms with Crippen LogP contribution in [0.1, 0.15) is 19.9 Å². The summed E-state index contributed by atoms with van der Waals surface area (Å²) in [6.45, 7) is 3.97. The Kier molecular flexibility index (Phi) is 6.15. The molecule has 10 heteroatoms. The van der Waals surface area contributed by atoms with Crippen LogP contribution in [0.2, 0.25) is 0 Å². The van der Waals surface area contributed by atoms with E-state index in [1.54, 1.807) is 55.0 Å². The number of hydrogen-bond donors (Lipinski definition) is 3. The van der Waals surface area contributed by atoms with Crippen molar-refractivity contribution in [3.63, 3.8) is 0 Å². The van der Waals surface area contributed by atoms with E-state index < -0.39 is 5.25 Å². The Morgan fingerprint density at radius 1 is 1.16 bits per heavy atom. The normalized spacial score (nSPS) is 13.3. The number of anilines is 1. The Hall–Kier alpha value is -3.37. The Labute approximate surface area is 187 Å². The van der Waals surface area contributed by atoms with Gasteiger partial charge in [-0.25, -0.2) is 9.78 Å². The number of imidazole rings is 1. The predicted molar refractivity (Wildman–Crippen MR) is 125 cm³/mol. The van der Waals surface area contributed by atoms with Crippen molar-refractivity contribution in [2.45, 2.75) is 30.3 Å². The number of ether oxygens (including phenoxy) is 1. The summed E-state index contributed by atoms with van der Waals surface area (Å²) in [4.78, 5) is 47.5. The maximum atomic E-state index is 13.2. The van der Waals surface area contributed by atoms with Gasteiger partial charge in [-0.3, -0.25) is 14.2 Å². The van der Waals surface area contributed by atoms with Gasteiger partial charge in [-0.15, -0.1) is 0 Å². The summed E-state index contributed by atoms with van der Waals surface area (Å²) in [5.74, 6) is -0.249. The molecule has 3 N–H and O–H groups in total. The average molecular weight is 454 g/mol. The number of fused-ring (bicyclic) bond motifs is 2. The Bertz CT molecular complexity index is 1410. The van der Waals surface area contributed by atoms with Gasteiger partial charge in [-0.1, -0.05) is 23.9 Å². The first kappa shape index (κ1) is 21.8. The smallest absolute Gasteiger partial charge is 0.323 e. The summed E-state index contributed by atoms with van der Waals surface area (Å²) < 4.78 is 6.82. The third-order valence-corrected chi connectivity index (χ3v) is 6.13.